The van der Waals surface area contributed by atoms with Crippen molar-refractivity contribution in [2.24, 2.45) is 0 Å². The molecule has 1 aromatic rings. The topological polar surface area (TPSA) is 71.1 Å². The molecule has 0 atom stereocenters. The van der Waals surface area contributed by atoms with Gasteiger partial charge in [0, 0.05) is 25.6 Å². The minimum Gasteiger partial charge on any atom is -0.380 e. The number of aromatic amines is 1. The van der Waals surface area contributed by atoms with Crippen molar-refractivity contribution in [3.05, 3.63) is 11.6 Å². The van der Waals surface area contributed by atoms with Crippen LogP contribution in [0, 0.1) is 0 Å². The van der Waals surface area contributed by atoms with E-state index in [-0.39, 0.29) is 17.1 Å². The van der Waals surface area contributed by atoms with Crippen LogP contribution >= 0.6 is 0 Å². The number of nitrogens with one attached hydrogen (secondary N) is 1. The van der Waals surface area contributed by atoms with Gasteiger partial charge in [-0.15, -0.1) is 5.10 Å². The van der Waals surface area contributed by atoms with E-state index in [4.69, 9.17) is 4.74 Å². The summed E-state index contributed by atoms with van der Waals surface area (Å²) in [6, 6.07) is 0. The van der Waals surface area contributed by atoms with Crippen LogP contribution in [-0.4, -0.2) is 52.8 Å². The number of amides is 1. The van der Waals surface area contributed by atoms with Crippen LogP contribution in [0.5, 0.6) is 0 Å². The van der Waals surface area contributed by atoms with Gasteiger partial charge in [-0.3, -0.25) is 9.89 Å². The quantitative estimate of drug-likeness (QED) is 0.802. The lowest BCUT2D eigenvalue weighted by Gasteiger charge is -2.15. The van der Waals surface area contributed by atoms with Gasteiger partial charge >= 0.3 is 0 Å². The van der Waals surface area contributed by atoms with Crippen molar-refractivity contribution in [3.8, 4) is 0 Å². The lowest BCUT2D eigenvalue weighted by Crippen LogP contribution is -2.31. The Bertz CT molecular complexity index is 395. The molecule has 18 heavy (non-hydrogen) atoms. The molecule has 1 amide bonds. The number of hydrogen-bond acceptors (Lipinski definition) is 4. The van der Waals surface area contributed by atoms with Gasteiger partial charge in [0.05, 0.1) is 6.61 Å². The van der Waals surface area contributed by atoms with E-state index in [1.807, 2.05) is 27.7 Å². The van der Waals surface area contributed by atoms with Gasteiger partial charge in [-0.2, -0.15) is 0 Å². The highest BCUT2D eigenvalue weighted by Crippen LogP contribution is 2.17. The van der Waals surface area contributed by atoms with E-state index in [2.05, 4.69) is 15.2 Å². The number of hydrogen-bond donors (Lipinski definition) is 1. The van der Waals surface area contributed by atoms with E-state index in [0.29, 0.717) is 25.6 Å². The first-order chi connectivity index (χ1) is 8.36. The second-order valence-corrected chi connectivity index (χ2v) is 5.18. The summed E-state index contributed by atoms with van der Waals surface area (Å²) in [6.45, 7) is 9.67. The third-order valence-electron chi connectivity index (χ3n) is 2.51. The normalized spacial score (nSPS) is 11.6. The first kappa shape index (κ1) is 14.6. The van der Waals surface area contributed by atoms with Crippen molar-refractivity contribution in [2.45, 2.75) is 33.1 Å². The summed E-state index contributed by atoms with van der Waals surface area (Å²) >= 11 is 0. The van der Waals surface area contributed by atoms with Crippen LogP contribution in [0.3, 0.4) is 0 Å². The van der Waals surface area contributed by atoms with Gasteiger partial charge in [0.2, 0.25) is 5.82 Å². The molecular formula is C12H22N4O2. The fourth-order valence-electron chi connectivity index (χ4n) is 1.31. The molecule has 0 bridgehead atoms. The molecule has 0 fully saturated rings. The predicted molar refractivity (Wildman–Crippen MR) is 68.5 cm³/mol. The molecule has 0 aromatic carbocycles. The third kappa shape index (κ3) is 3.80. The molecule has 0 saturated carbocycles. The summed E-state index contributed by atoms with van der Waals surface area (Å²) in [5, 5.41) is 6.77. The Labute approximate surface area is 108 Å². The SMILES string of the molecule is CCOCCN(C)C(=O)c1n[nH]c(C(C)(C)C)n1. The van der Waals surface area contributed by atoms with Crippen molar-refractivity contribution in [1.82, 2.24) is 20.1 Å². The molecule has 0 saturated heterocycles. The minimum absolute atomic E-state index is 0.143. The molecule has 1 rings (SSSR count). The Hall–Kier alpha value is -1.43. The van der Waals surface area contributed by atoms with Crippen LogP contribution in [0.1, 0.15) is 44.1 Å². The number of likely N-dealkylation sites (N-methyl/N-ethyl adjacent to an activating group) is 1. The van der Waals surface area contributed by atoms with Gasteiger partial charge in [0.15, 0.2) is 0 Å². The highest BCUT2D eigenvalue weighted by atomic mass is 16.5. The Balaban J connectivity index is 2.64. The van der Waals surface area contributed by atoms with Gasteiger partial charge in [0.25, 0.3) is 5.91 Å². The highest BCUT2D eigenvalue weighted by molar-refractivity contribution is 5.90. The highest BCUT2D eigenvalue weighted by Gasteiger charge is 2.22. The van der Waals surface area contributed by atoms with Crippen molar-refractivity contribution in [1.29, 1.82) is 0 Å². The first-order valence-electron chi connectivity index (χ1n) is 6.12. The van der Waals surface area contributed by atoms with Crippen LogP contribution in [0.15, 0.2) is 0 Å². The molecule has 1 N–H and O–H groups in total. The molecule has 0 radical (unpaired) electrons. The summed E-state index contributed by atoms with van der Waals surface area (Å²) in [5.41, 5.74) is -0.143. The number of carbonyl (C=O) groups excluding carboxylic acids is 1. The number of rotatable bonds is 5. The van der Waals surface area contributed by atoms with Crippen molar-refractivity contribution >= 4 is 5.91 Å². The zero-order valence-electron chi connectivity index (χ0n) is 11.8. The number of H-pyrrole nitrogens is 1. The van der Waals surface area contributed by atoms with Crippen LogP contribution < -0.4 is 0 Å². The number of ether oxygens (including phenoxy) is 1. The van der Waals surface area contributed by atoms with E-state index < -0.39 is 0 Å². The van der Waals surface area contributed by atoms with Crippen LogP contribution in [0.4, 0.5) is 0 Å². The molecule has 102 valence electrons. The number of carbonyl (C=O) groups is 1. The maximum Gasteiger partial charge on any atom is 0.293 e. The van der Waals surface area contributed by atoms with E-state index in [0.717, 1.165) is 0 Å². The summed E-state index contributed by atoms with van der Waals surface area (Å²) in [4.78, 5) is 17.8. The molecular weight excluding hydrogens is 232 g/mol. The Morgan fingerprint density at radius 1 is 1.44 bits per heavy atom. The van der Waals surface area contributed by atoms with Crippen LogP contribution in [0.2, 0.25) is 0 Å². The average molecular weight is 254 g/mol. The molecule has 0 spiro atoms. The van der Waals surface area contributed by atoms with Gasteiger partial charge in [-0.05, 0) is 6.92 Å². The molecule has 1 aromatic heterocycles. The van der Waals surface area contributed by atoms with E-state index in [1.54, 1.807) is 11.9 Å². The van der Waals surface area contributed by atoms with Crippen LogP contribution in [-0.2, 0) is 10.2 Å². The maximum absolute atomic E-state index is 12.0. The third-order valence-corrected chi connectivity index (χ3v) is 2.51. The second kappa shape index (κ2) is 5.95. The summed E-state index contributed by atoms with van der Waals surface area (Å²) in [5.74, 6) is 0.726. The number of nitrogens with zero attached hydrogens (tertiary/aromatic N) is 3. The fourth-order valence-corrected chi connectivity index (χ4v) is 1.31. The molecule has 1 heterocycles. The molecule has 0 aliphatic heterocycles. The van der Waals surface area contributed by atoms with Crippen molar-refractivity contribution in [2.75, 3.05) is 26.8 Å². The van der Waals surface area contributed by atoms with Gasteiger partial charge < -0.3 is 9.64 Å². The van der Waals surface area contributed by atoms with Crippen LogP contribution in [0.25, 0.3) is 0 Å². The monoisotopic (exact) mass is 254 g/mol. The second-order valence-electron chi connectivity index (χ2n) is 5.18. The summed E-state index contributed by atoms with van der Waals surface area (Å²) in [7, 11) is 1.72. The van der Waals surface area contributed by atoms with Crippen molar-refractivity contribution in [3.63, 3.8) is 0 Å². The van der Waals surface area contributed by atoms with Crippen molar-refractivity contribution < 1.29 is 9.53 Å². The maximum atomic E-state index is 12.0. The lowest BCUT2D eigenvalue weighted by molar-refractivity contribution is 0.0699. The van der Waals surface area contributed by atoms with E-state index in [1.165, 1.54) is 0 Å². The van der Waals surface area contributed by atoms with Gasteiger partial charge in [0.1, 0.15) is 5.82 Å². The Morgan fingerprint density at radius 2 is 2.11 bits per heavy atom. The largest absolute Gasteiger partial charge is 0.380 e. The van der Waals surface area contributed by atoms with E-state index in [9.17, 15) is 4.79 Å². The van der Waals surface area contributed by atoms with E-state index >= 15 is 0 Å². The summed E-state index contributed by atoms with van der Waals surface area (Å²) < 4.78 is 5.21. The molecule has 0 unspecified atom stereocenters. The number of aromatic nitrogens is 3. The predicted octanol–water partition coefficient (Wildman–Crippen LogP) is 1.21. The zero-order valence-corrected chi connectivity index (χ0v) is 11.8. The Kier molecular flexibility index (Phi) is 4.84. The Morgan fingerprint density at radius 3 is 2.61 bits per heavy atom. The molecule has 0 aliphatic rings. The standard InChI is InChI=1S/C12H22N4O2/c1-6-18-8-7-16(5)10(17)9-13-11(15-14-9)12(2,3)4/h6-8H2,1-5H3,(H,13,14,15). The first-order valence-corrected chi connectivity index (χ1v) is 6.12. The van der Waals surface area contributed by atoms with Gasteiger partial charge in [-0.25, -0.2) is 4.98 Å². The molecule has 6 heteroatoms. The molecule has 6 nitrogen and oxygen atoms in total. The fraction of sp³-hybridized carbons (Fsp3) is 0.750. The minimum atomic E-state index is -0.193. The summed E-state index contributed by atoms with van der Waals surface area (Å²) in [6.07, 6.45) is 0. The lowest BCUT2D eigenvalue weighted by atomic mass is 9.96. The zero-order chi connectivity index (χ0) is 13.8. The smallest absolute Gasteiger partial charge is 0.293 e. The van der Waals surface area contributed by atoms with Gasteiger partial charge in [-0.1, -0.05) is 20.8 Å². The molecule has 0 aliphatic carbocycles. The average Bonchev–Trinajstić information content (AvgIpc) is 2.77.